The van der Waals surface area contributed by atoms with Gasteiger partial charge in [0.2, 0.25) is 5.91 Å². The van der Waals surface area contributed by atoms with Gasteiger partial charge in [-0.25, -0.2) is 18.2 Å². The Bertz CT molecular complexity index is 860. The second kappa shape index (κ2) is 5.51. The minimum absolute atomic E-state index is 0.155. The number of benzene rings is 2. The molecule has 4 nitrogen and oxygen atoms in total. The van der Waals surface area contributed by atoms with Crippen LogP contribution in [-0.4, -0.2) is 15.5 Å². The second-order valence-electron chi connectivity index (χ2n) is 4.69. The summed E-state index contributed by atoms with van der Waals surface area (Å²) in [6, 6.07) is 7.39. The quantitative estimate of drug-likeness (QED) is 0.808. The van der Waals surface area contributed by atoms with Crippen molar-refractivity contribution in [1.82, 2.24) is 9.55 Å². The third-order valence-electron chi connectivity index (χ3n) is 3.09. The molecule has 0 saturated carbocycles. The molecule has 0 unspecified atom stereocenters. The van der Waals surface area contributed by atoms with E-state index in [0.29, 0.717) is 11.2 Å². The molecule has 0 bridgehead atoms. The van der Waals surface area contributed by atoms with Crippen LogP contribution in [0.4, 0.5) is 18.9 Å². The fourth-order valence-electron chi connectivity index (χ4n) is 2.10. The maximum absolute atomic E-state index is 13.3. The molecular formula is C15H10F3N3O. The van der Waals surface area contributed by atoms with Crippen molar-refractivity contribution in [3.8, 4) is 0 Å². The maximum Gasteiger partial charge on any atom is 0.244 e. The van der Waals surface area contributed by atoms with Crippen LogP contribution in [0.3, 0.4) is 0 Å². The number of hydrogen-bond donors (Lipinski definition) is 1. The van der Waals surface area contributed by atoms with Crippen LogP contribution in [0.15, 0.2) is 42.7 Å². The van der Waals surface area contributed by atoms with E-state index >= 15 is 0 Å². The van der Waals surface area contributed by atoms with E-state index in [1.54, 1.807) is 6.07 Å². The summed E-state index contributed by atoms with van der Waals surface area (Å²) in [6.07, 6.45) is 1.31. The lowest BCUT2D eigenvalue weighted by atomic mass is 10.3. The fraction of sp³-hybridized carbons (Fsp3) is 0.0667. The first-order valence-electron chi connectivity index (χ1n) is 6.38. The van der Waals surface area contributed by atoms with Gasteiger partial charge in [-0.1, -0.05) is 6.07 Å². The van der Waals surface area contributed by atoms with Gasteiger partial charge in [0.1, 0.15) is 12.4 Å². The van der Waals surface area contributed by atoms with E-state index in [-0.39, 0.29) is 12.1 Å². The predicted molar refractivity (Wildman–Crippen MR) is 74.7 cm³/mol. The van der Waals surface area contributed by atoms with Crippen molar-refractivity contribution in [1.29, 1.82) is 0 Å². The molecule has 3 aromatic rings. The number of nitrogens with zero attached hydrogens (tertiary/aromatic N) is 2. The molecule has 7 heteroatoms. The number of halogens is 3. The van der Waals surface area contributed by atoms with Gasteiger partial charge in [-0.3, -0.25) is 4.79 Å². The molecule has 3 rings (SSSR count). The molecule has 0 aliphatic rings. The lowest BCUT2D eigenvalue weighted by molar-refractivity contribution is -0.116. The number of fused-ring (bicyclic) bond motifs is 1. The summed E-state index contributed by atoms with van der Waals surface area (Å²) in [5, 5.41) is 2.52. The van der Waals surface area contributed by atoms with Crippen LogP contribution >= 0.6 is 0 Å². The molecule has 22 heavy (non-hydrogen) atoms. The summed E-state index contributed by atoms with van der Waals surface area (Å²) in [5.41, 5.74) is 0.859. The molecule has 0 radical (unpaired) electrons. The Kier molecular flexibility index (Phi) is 3.54. The first-order valence-corrected chi connectivity index (χ1v) is 6.38. The fourth-order valence-corrected chi connectivity index (χ4v) is 2.10. The van der Waals surface area contributed by atoms with Crippen LogP contribution in [0.2, 0.25) is 0 Å². The van der Waals surface area contributed by atoms with E-state index in [0.717, 1.165) is 12.1 Å². The van der Waals surface area contributed by atoms with Gasteiger partial charge in [0, 0.05) is 17.8 Å². The van der Waals surface area contributed by atoms with Gasteiger partial charge in [0.05, 0.1) is 17.4 Å². The first kappa shape index (κ1) is 14.1. The van der Waals surface area contributed by atoms with E-state index in [1.165, 1.54) is 29.1 Å². The topological polar surface area (TPSA) is 46.9 Å². The third kappa shape index (κ3) is 2.78. The normalized spacial score (nSPS) is 10.9. The molecule has 0 aliphatic carbocycles. The average molecular weight is 305 g/mol. The Morgan fingerprint density at radius 1 is 1.14 bits per heavy atom. The van der Waals surface area contributed by atoms with Gasteiger partial charge in [-0.15, -0.1) is 0 Å². The average Bonchev–Trinajstić information content (AvgIpc) is 2.81. The molecule has 0 fully saturated rings. The molecule has 1 heterocycles. The van der Waals surface area contributed by atoms with Crippen molar-refractivity contribution in [2.24, 2.45) is 0 Å². The van der Waals surface area contributed by atoms with Crippen LogP contribution < -0.4 is 5.32 Å². The minimum Gasteiger partial charge on any atom is -0.324 e. The highest BCUT2D eigenvalue weighted by molar-refractivity contribution is 5.91. The number of nitrogens with one attached hydrogen (secondary N) is 1. The van der Waals surface area contributed by atoms with Crippen LogP contribution in [0.1, 0.15) is 0 Å². The van der Waals surface area contributed by atoms with E-state index in [1.807, 2.05) is 0 Å². The van der Waals surface area contributed by atoms with Crippen molar-refractivity contribution >= 4 is 22.6 Å². The molecule has 1 aromatic heterocycles. The standard InChI is InChI=1S/C15H10F3N3O/c16-9-2-1-3-10(4-9)20-15(22)7-21-8-19-13-5-11(17)12(18)6-14(13)21/h1-6,8H,7H2,(H,20,22). The number of aromatic nitrogens is 2. The maximum atomic E-state index is 13.3. The Morgan fingerprint density at radius 2 is 1.91 bits per heavy atom. The van der Waals surface area contributed by atoms with Gasteiger partial charge < -0.3 is 9.88 Å². The van der Waals surface area contributed by atoms with Crippen molar-refractivity contribution in [3.63, 3.8) is 0 Å². The number of rotatable bonds is 3. The monoisotopic (exact) mass is 305 g/mol. The third-order valence-corrected chi connectivity index (χ3v) is 3.09. The van der Waals surface area contributed by atoms with E-state index < -0.39 is 23.4 Å². The molecule has 1 amide bonds. The van der Waals surface area contributed by atoms with Gasteiger partial charge in [-0.2, -0.15) is 0 Å². The number of carbonyl (C=O) groups is 1. The summed E-state index contributed by atoms with van der Waals surface area (Å²) in [6.45, 7) is -0.155. The van der Waals surface area contributed by atoms with Crippen molar-refractivity contribution in [2.45, 2.75) is 6.54 Å². The lowest BCUT2D eigenvalue weighted by Crippen LogP contribution is -2.18. The zero-order chi connectivity index (χ0) is 15.7. The summed E-state index contributed by atoms with van der Waals surface area (Å²) >= 11 is 0. The van der Waals surface area contributed by atoms with E-state index in [2.05, 4.69) is 10.3 Å². The second-order valence-corrected chi connectivity index (χ2v) is 4.69. The number of carbonyl (C=O) groups excluding carboxylic acids is 1. The van der Waals surface area contributed by atoms with Crippen molar-refractivity contribution in [3.05, 3.63) is 60.2 Å². The highest BCUT2D eigenvalue weighted by Gasteiger charge is 2.11. The van der Waals surface area contributed by atoms with Crippen LogP contribution in [0, 0.1) is 17.5 Å². The molecule has 0 spiro atoms. The number of anilines is 1. The molecule has 112 valence electrons. The smallest absolute Gasteiger partial charge is 0.244 e. The highest BCUT2D eigenvalue weighted by atomic mass is 19.2. The summed E-state index contributed by atoms with van der Waals surface area (Å²) < 4.78 is 40.8. The summed E-state index contributed by atoms with van der Waals surface area (Å²) in [5.74, 6) is -2.92. The predicted octanol–water partition coefficient (Wildman–Crippen LogP) is 3.09. The van der Waals surface area contributed by atoms with E-state index in [9.17, 15) is 18.0 Å². The number of amides is 1. The first-order chi connectivity index (χ1) is 10.5. The molecule has 2 aromatic carbocycles. The van der Waals surface area contributed by atoms with Crippen molar-refractivity contribution < 1.29 is 18.0 Å². The molecule has 0 saturated heterocycles. The zero-order valence-electron chi connectivity index (χ0n) is 11.2. The summed E-state index contributed by atoms with van der Waals surface area (Å²) in [7, 11) is 0. The van der Waals surface area contributed by atoms with Gasteiger partial charge >= 0.3 is 0 Å². The van der Waals surface area contributed by atoms with E-state index in [4.69, 9.17) is 0 Å². The lowest BCUT2D eigenvalue weighted by Gasteiger charge is -2.07. The highest BCUT2D eigenvalue weighted by Crippen LogP contribution is 2.17. The van der Waals surface area contributed by atoms with Crippen LogP contribution in [0.25, 0.3) is 11.0 Å². The van der Waals surface area contributed by atoms with Gasteiger partial charge in [0.25, 0.3) is 0 Å². The largest absolute Gasteiger partial charge is 0.324 e. The van der Waals surface area contributed by atoms with Crippen molar-refractivity contribution in [2.75, 3.05) is 5.32 Å². The number of imidazole rings is 1. The molecule has 0 atom stereocenters. The molecule has 0 aliphatic heterocycles. The minimum atomic E-state index is -1.01. The van der Waals surface area contributed by atoms with Crippen LogP contribution in [-0.2, 0) is 11.3 Å². The summed E-state index contributed by atoms with van der Waals surface area (Å²) in [4.78, 5) is 15.8. The number of hydrogen-bond acceptors (Lipinski definition) is 2. The Hall–Kier alpha value is -2.83. The SMILES string of the molecule is O=C(Cn1cnc2cc(F)c(F)cc21)Nc1cccc(F)c1. The van der Waals surface area contributed by atoms with Crippen LogP contribution in [0.5, 0.6) is 0 Å². The Labute approximate surface area is 123 Å². The molecular weight excluding hydrogens is 295 g/mol. The Balaban J connectivity index is 1.81. The van der Waals surface area contributed by atoms with Gasteiger partial charge in [0.15, 0.2) is 11.6 Å². The zero-order valence-corrected chi connectivity index (χ0v) is 11.2. The molecule has 1 N–H and O–H groups in total. The van der Waals surface area contributed by atoms with Gasteiger partial charge in [-0.05, 0) is 18.2 Å². The Morgan fingerprint density at radius 3 is 2.68 bits per heavy atom.